The van der Waals surface area contributed by atoms with Crippen LogP contribution < -0.4 is 0 Å². The summed E-state index contributed by atoms with van der Waals surface area (Å²) < 4.78 is 0. The Kier molecular flexibility index (Phi) is 7.73. The van der Waals surface area contributed by atoms with E-state index in [2.05, 4.69) is 65.8 Å². The second-order valence-electron chi connectivity index (χ2n) is 15.1. The van der Waals surface area contributed by atoms with Gasteiger partial charge in [-0.15, -0.1) is 0 Å². The molecule has 1 heteroatoms. The Balaban J connectivity index is 1.31. The third-order valence-electron chi connectivity index (χ3n) is 12.7. The summed E-state index contributed by atoms with van der Waals surface area (Å²) in [5, 5.41) is 11.2. The third-order valence-corrected chi connectivity index (χ3v) is 12.7. The van der Waals surface area contributed by atoms with Gasteiger partial charge in [-0.25, -0.2) is 0 Å². The molecule has 4 aliphatic carbocycles. The maximum absolute atomic E-state index is 11.2. The summed E-state index contributed by atoms with van der Waals surface area (Å²) in [7, 11) is 0. The molecule has 0 heterocycles. The molecule has 1 nitrogen and oxygen atoms in total. The number of hydrogen-bond donors (Lipinski definition) is 1. The minimum Gasteiger partial charge on any atom is -0.393 e. The predicted molar refractivity (Wildman–Crippen MR) is 153 cm³/mol. The third kappa shape index (κ3) is 4.74. The smallest absolute Gasteiger partial charge is 0.0574 e. The van der Waals surface area contributed by atoms with Crippen LogP contribution in [0.1, 0.15) is 116 Å². The number of aliphatic hydroxyl groups is 1. The van der Waals surface area contributed by atoms with E-state index in [0.29, 0.717) is 22.7 Å². The first-order chi connectivity index (χ1) is 17.1. The van der Waals surface area contributed by atoms with Gasteiger partial charge in [0.2, 0.25) is 0 Å². The summed E-state index contributed by atoms with van der Waals surface area (Å²) >= 11 is 0. The molecule has 0 aliphatic heterocycles. The lowest BCUT2D eigenvalue weighted by molar-refractivity contribution is -0.152. The number of aliphatic hydroxyl groups excluding tert-OH is 1. The summed E-state index contributed by atoms with van der Waals surface area (Å²) in [5.41, 5.74) is 3.80. The molecule has 0 aromatic heterocycles. The normalized spacial score (nSPS) is 43.1. The Morgan fingerprint density at radius 2 is 1.58 bits per heavy atom. The van der Waals surface area contributed by atoms with E-state index in [4.69, 9.17) is 0 Å². The van der Waals surface area contributed by atoms with Crippen molar-refractivity contribution in [1.82, 2.24) is 0 Å². The van der Waals surface area contributed by atoms with Crippen molar-refractivity contribution in [2.24, 2.45) is 58.2 Å². The van der Waals surface area contributed by atoms with Crippen LogP contribution in [0.4, 0.5) is 0 Å². The lowest BCUT2D eigenvalue weighted by Gasteiger charge is -2.63. The van der Waals surface area contributed by atoms with Crippen molar-refractivity contribution in [3.05, 3.63) is 35.4 Å². The first-order valence-corrected chi connectivity index (χ1v) is 15.9. The molecular formula is C35H56O. The molecule has 1 aromatic carbocycles. The van der Waals surface area contributed by atoms with Gasteiger partial charge in [0.05, 0.1) is 6.10 Å². The zero-order valence-electron chi connectivity index (χ0n) is 24.4. The van der Waals surface area contributed by atoms with Crippen molar-refractivity contribution in [3.63, 3.8) is 0 Å². The molecule has 10 atom stereocenters. The van der Waals surface area contributed by atoms with Crippen LogP contribution >= 0.6 is 0 Å². The zero-order valence-corrected chi connectivity index (χ0v) is 24.4. The molecule has 36 heavy (non-hydrogen) atoms. The van der Waals surface area contributed by atoms with Crippen LogP contribution in [0.25, 0.3) is 0 Å². The van der Waals surface area contributed by atoms with Crippen molar-refractivity contribution >= 4 is 0 Å². The molecule has 0 bridgehead atoms. The number of hydrogen-bond acceptors (Lipinski definition) is 1. The molecule has 202 valence electrons. The van der Waals surface area contributed by atoms with E-state index in [1.54, 1.807) is 0 Å². The number of aryl methyl sites for hydroxylation is 1. The average molecular weight is 493 g/mol. The zero-order chi connectivity index (χ0) is 25.7. The fourth-order valence-electron chi connectivity index (χ4n) is 10.9. The average Bonchev–Trinajstić information content (AvgIpc) is 3.18. The maximum atomic E-state index is 11.2. The molecule has 0 spiro atoms. The van der Waals surface area contributed by atoms with Crippen LogP contribution in [0.3, 0.4) is 0 Å². The summed E-state index contributed by atoms with van der Waals surface area (Å²) in [6.07, 6.45) is 16.2. The molecule has 5 rings (SSSR count). The van der Waals surface area contributed by atoms with Gasteiger partial charge in [-0.3, -0.25) is 0 Å². The largest absolute Gasteiger partial charge is 0.393 e. The minimum atomic E-state index is -0.114. The monoisotopic (exact) mass is 492 g/mol. The molecule has 0 unspecified atom stereocenters. The van der Waals surface area contributed by atoms with Gasteiger partial charge in [0.1, 0.15) is 0 Å². The SMILES string of the molecule is Cc1cccc(C[C@@H]2[C@H](O)CC[C@@]3(C)[C@H]2CC[C@@H]2[C@@H]3CC[C@]3(C)[C@@H]([C@H](C)CCCC(C)C)CC[C@@H]23)c1. The second-order valence-corrected chi connectivity index (χ2v) is 15.1. The van der Waals surface area contributed by atoms with Crippen molar-refractivity contribution in [2.75, 3.05) is 0 Å². The molecular weight excluding hydrogens is 436 g/mol. The highest BCUT2D eigenvalue weighted by atomic mass is 16.3. The Labute approximate surface area is 223 Å². The topological polar surface area (TPSA) is 20.2 Å². The summed E-state index contributed by atoms with van der Waals surface area (Å²) in [4.78, 5) is 0. The molecule has 0 saturated heterocycles. The van der Waals surface area contributed by atoms with Gasteiger partial charge in [-0.2, -0.15) is 0 Å². The van der Waals surface area contributed by atoms with Crippen LogP contribution in [0.2, 0.25) is 0 Å². The van der Waals surface area contributed by atoms with E-state index in [-0.39, 0.29) is 6.10 Å². The Morgan fingerprint density at radius 1 is 0.861 bits per heavy atom. The molecule has 0 amide bonds. The van der Waals surface area contributed by atoms with E-state index in [9.17, 15) is 5.11 Å². The highest BCUT2D eigenvalue weighted by molar-refractivity contribution is 5.23. The van der Waals surface area contributed by atoms with Crippen molar-refractivity contribution in [2.45, 2.75) is 125 Å². The number of benzene rings is 1. The number of rotatable bonds is 7. The quantitative estimate of drug-likeness (QED) is 0.402. The highest BCUT2D eigenvalue weighted by Crippen LogP contribution is 2.69. The fourth-order valence-corrected chi connectivity index (χ4v) is 10.9. The van der Waals surface area contributed by atoms with Crippen molar-refractivity contribution in [3.8, 4) is 0 Å². The lowest BCUT2D eigenvalue weighted by atomic mass is 9.42. The summed E-state index contributed by atoms with van der Waals surface area (Å²) in [5.74, 6) is 6.60. The minimum absolute atomic E-state index is 0.114. The van der Waals surface area contributed by atoms with Crippen LogP contribution in [-0.2, 0) is 6.42 Å². The van der Waals surface area contributed by atoms with Crippen LogP contribution in [0, 0.1) is 65.1 Å². The van der Waals surface area contributed by atoms with E-state index in [1.807, 2.05) is 0 Å². The fraction of sp³-hybridized carbons (Fsp3) is 0.829. The summed E-state index contributed by atoms with van der Waals surface area (Å²) in [6.45, 7) is 15.0. The Morgan fingerprint density at radius 3 is 2.33 bits per heavy atom. The summed E-state index contributed by atoms with van der Waals surface area (Å²) in [6, 6.07) is 9.06. The molecule has 4 aliphatic rings. The van der Waals surface area contributed by atoms with Crippen molar-refractivity contribution < 1.29 is 5.11 Å². The van der Waals surface area contributed by atoms with E-state index >= 15 is 0 Å². The molecule has 4 fully saturated rings. The Hall–Kier alpha value is -0.820. The maximum Gasteiger partial charge on any atom is 0.0574 e. The predicted octanol–water partition coefficient (Wildman–Crippen LogP) is 9.25. The molecule has 1 N–H and O–H groups in total. The van der Waals surface area contributed by atoms with Gasteiger partial charge in [0.15, 0.2) is 0 Å². The Bertz CT molecular complexity index is 888. The van der Waals surface area contributed by atoms with Crippen LogP contribution in [0.15, 0.2) is 24.3 Å². The van der Waals surface area contributed by atoms with E-state index in [0.717, 1.165) is 48.3 Å². The van der Waals surface area contributed by atoms with Gasteiger partial charge in [-0.1, -0.05) is 83.7 Å². The van der Waals surface area contributed by atoms with Crippen molar-refractivity contribution in [1.29, 1.82) is 0 Å². The van der Waals surface area contributed by atoms with Gasteiger partial charge in [0, 0.05) is 0 Å². The number of fused-ring (bicyclic) bond motifs is 5. The van der Waals surface area contributed by atoms with E-state index in [1.165, 1.54) is 75.3 Å². The van der Waals surface area contributed by atoms with E-state index < -0.39 is 0 Å². The lowest BCUT2D eigenvalue weighted by Crippen LogP contribution is -2.57. The van der Waals surface area contributed by atoms with Gasteiger partial charge in [-0.05, 0) is 128 Å². The van der Waals surface area contributed by atoms with Crippen LogP contribution in [0.5, 0.6) is 0 Å². The van der Waals surface area contributed by atoms with Gasteiger partial charge < -0.3 is 5.11 Å². The van der Waals surface area contributed by atoms with Gasteiger partial charge >= 0.3 is 0 Å². The van der Waals surface area contributed by atoms with Gasteiger partial charge in [0.25, 0.3) is 0 Å². The molecule has 0 radical (unpaired) electrons. The first kappa shape index (κ1) is 26.8. The molecule has 1 aromatic rings. The standard InChI is InChI=1S/C35H56O/c1-23(2)9-7-11-25(4)29-15-16-30-27-13-14-31-28(22-26-12-8-10-24(3)21-26)33(36)18-20-35(31,6)32(27)17-19-34(29,30)5/h8,10,12,21,23,25,27-33,36H,7,9,11,13-20,22H2,1-6H3/t25-,27+,28+,29-,30+,31+,32+,33-,34-,35+/m1/s1. The molecule has 4 saturated carbocycles. The highest BCUT2D eigenvalue weighted by Gasteiger charge is 2.61. The van der Waals surface area contributed by atoms with Crippen LogP contribution in [-0.4, -0.2) is 11.2 Å². The second kappa shape index (κ2) is 10.4. The first-order valence-electron chi connectivity index (χ1n) is 15.9.